The molecule has 0 unspecified atom stereocenters. The Morgan fingerprint density at radius 3 is 2.73 bits per heavy atom. The topological polar surface area (TPSA) is 83.0 Å². The number of methoxy groups -OCH3 is 1. The molecule has 0 atom stereocenters. The van der Waals surface area contributed by atoms with Gasteiger partial charge in [0.05, 0.1) is 29.5 Å². The fourth-order valence-corrected chi connectivity index (χ4v) is 4.41. The first-order valence-corrected chi connectivity index (χ1v) is 11.4. The van der Waals surface area contributed by atoms with E-state index < -0.39 is 0 Å². The second kappa shape index (κ2) is 9.09. The highest BCUT2D eigenvalue weighted by molar-refractivity contribution is 7.98. The van der Waals surface area contributed by atoms with Crippen LogP contribution in [-0.2, 0) is 5.75 Å². The van der Waals surface area contributed by atoms with Crippen molar-refractivity contribution in [3.05, 3.63) is 94.1 Å². The molecule has 0 N–H and O–H groups in total. The number of ether oxygens (including phenoxy) is 1. The normalized spacial score (nSPS) is 11.1. The van der Waals surface area contributed by atoms with Gasteiger partial charge in [0.2, 0.25) is 11.7 Å². The molecule has 0 fully saturated rings. The first-order valence-electron chi connectivity index (χ1n) is 10.00. The summed E-state index contributed by atoms with van der Waals surface area (Å²) in [7, 11) is 1.60. The molecule has 0 spiro atoms. The molecule has 9 heteroatoms. The Labute approximate surface area is 198 Å². The van der Waals surface area contributed by atoms with Crippen LogP contribution in [0.2, 0.25) is 5.02 Å². The highest BCUT2D eigenvalue weighted by atomic mass is 35.5. The molecule has 5 aromatic rings. The van der Waals surface area contributed by atoms with Gasteiger partial charge in [-0.2, -0.15) is 4.98 Å². The fraction of sp³-hybridized carbons (Fsp3) is 0.0833. The minimum Gasteiger partial charge on any atom is -0.497 e. The molecule has 0 radical (unpaired) electrons. The van der Waals surface area contributed by atoms with Crippen molar-refractivity contribution in [2.24, 2.45) is 0 Å². The molecular formula is C24H17ClN4O3S. The predicted molar refractivity (Wildman–Crippen MR) is 128 cm³/mol. The number of aromatic nitrogens is 4. The molecule has 0 amide bonds. The Morgan fingerprint density at radius 1 is 1.03 bits per heavy atom. The first-order chi connectivity index (χ1) is 16.1. The maximum Gasteiger partial charge on any atom is 0.266 e. The highest BCUT2D eigenvalue weighted by Crippen LogP contribution is 2.27. The Bertz CT molecular complexity index is 1520. The SMILES string of the molecule is COc1cccc(-c2noc(CSc3nc4ccccc4c(=O)n3-c3cccc(Cl)c3)n2)c1. The number of fused-ring (bicyclic) bond motifs is 1. The van der Waals surface area contributed by atoms with Crippen LogP contribution in [0.3, 0.4) is 0 Å². The van der Waals surface area contributed by atoms with Crippen molar-refractivity contribution >= 4 is 34.3 Å². The lowest BCUT2D eigenvalue weighted by atomic mass is 10.2. The van der Waals surface area contributed by atoms with Crippen molar-refractivity contribution in [3.63, 3.8) is 0 Å². The Morgan fingerprint density at radius 2 is 1.88 bits per heavy atom. The third-order valence-corrected chi connectivity index (χ3v) is 6.09. The van der Waals surface area contributed by atoms with Crippen LogP contribution in [0.1, 0.15) is 5.89 Å². The Kier molecular flexibility index (Phi) is 5.85. The van der Waals surface area contributed by atoms with Gasteiger partial charge >= 0.3 is 0 Å². The van der Waals surface area contributed by atoms with Crippen LogP contribution in [0.15, 0.2) is 87.3 Å². The zero-order valence-electron chi connectivity index (χ0n) is 17.4. The molecule has 0 bridgehead atoms. The van der Waals surface area contributed by atoms with Crippen molar-refractivity contribution < 1.29 is 9.26 Å². The van der Waals surface area contributed by atoms with E-state index in [1.165, 1.54) is 11.8 Å². The summed E-state index contributed by atoms with van der Waals surface area (Å²) in [5.41, 5.74) is 1.86. The van der Waals surface area contributed by atoms with Gasteiger partial charge in [0.25, 0.3) is 5.56 Å². The molecule has 0 aliphatic carbocycles. The number of benzene rings is 3. The quantitative estimate of drug-likeness (QED) is 0.240. The number of thioether (sulfide) groups is 1. The maximum atomic E-state index is 13.3. The van der Waals surface area contributed by atoms with Crippen LogP contribution in [0.4, 0.5) is 0 Å². The minimum absolute atomic E-state index is 0.173. The number of rotatable bonds is 6. The Balaban J connectivity index is 1.50. The van der Waals surface area contributed by atoms with Gasteiger partial charge in [0, 0.05) is 10.6 Å². The molecule has 0 aliphatic heterocycles. The van der Waals surface area contributed by atoms with E-state index in [4.69, 9.17) is 25.8 Å². The molecule has 3 aromatic carbocycles. The molecule has 0 aliphatic rings. The zero-order valence-corrected chi connectivity index (χ0v) is 19.0. The smallest absolute Gasteiger partial charge is 0.266 e. The summed E-state index contributed by atoms with van der Waals surface area (Å²) < 4.78 is 12.2. The van der Waals surface area contributed by atoms with Crippen molar-refractivity contribution in [1.29, 1.82) is 0 Å². The summed E-state index contributed by atoms with van der Waals surface area (Å²) >= 11 is 7.52. The van der Waals surface area contributed by atoms with Gasteiger partial charge < -0.3 is 9.26 Å². The molecular weight excluding hydrogens is 460 g/mol. The predicted octanol–water partition coefficient (Wildman–Crippen LogP) is 5.39. The van der Waals surface area contributed by atoms with Crippen LogP contribution in [0.5, 0.6) is 5.75 Å². The van der Waals surface area contributed by atoms with Crippen molar-refractivity contribution in [1.82, 2.24) is 19.7 Å². The number of hydrogen-bond donors (Lipinski definition) is 0. The zero-order chi connectivity index (χ0) is 22.8. The van der Waals surface area contributed by atoms with Crippen LogP contribution in [0.25, 0.3) is 28.0 Å². The molecule has 7 nitrogen and oxygen atoms in total. The number of halogens is 1. The lowest BCUT2D eigenvalue weighted by Crippen LogP contribution is -2.21. The van der Waals surface area contributed by atoms with E-state index in [9.17, 15) is 4.79 Å². The highest BCUT2D eigenvalue weighted by Gasteiger charge is 2.16. The lowest BCUT2D eigenvalue weighted by molar-refractivity contribution is 0.391. The van der Waals surface area contributed by atoms with E-state index in [-0.39, 0.29) is 5.56 Å². The Hall–Kier alpha value is -3.62. The second-order valence-electron chi connectivity index (χ2n) is 7.06. The molecule has 164 valence electrons. The van der Waals surface area contributed by atoms with E-state index in [2.05, 4.69) is 10.1 Å². The molecule has 33 heavy (non-hydrogen) atoms. The molecule has 2 heterocycles. The van der Waals surface area contributed by atoms with Gasteiger partial charge in [-0.1, -0.05) is 58.9 Å². The van der Waals surface area contributed by atoms with E-state index >= 15 is 0 Å². The average Bonchev–Trinajstić information content (AvgIpc) is 3.32. The van der Waals surface area contributed by atoms with Crippen molar-refractivity contribution in [3.8, 4) is 22.8 Å². The number of nitrogens with zero attached hydrogens (tertiary/aromatic N) is 4. The summed E-state index contributed by atoms with van der Waals surface area (Å²) in [4.78, 5) is 22.5. The van der Waals surface area contributed by atoms with Crippen molar-refractivity contribution in [2.45, 2.75) is 10.9 Å². The largest absolute Gasteiger partial charge is 0.497 e. The van der Waals surface area contributed by atoms with Gasteiger partial charge in [0.1, 0.15) is 5.75 Å². The molecule has 0 saturated carbocycles. The molecule has 2 aromatic heterocycles. The van der Waals surface area contributed by atoms with Crippen LogP contribution in [0, 0.1) is 0 Å². The number of para-hydroxylation sites is 1. The minimum atomic E-state index is -0.173. The van der Waals surface area contributed by atoms with Gasteiger partial charge in [-0.05, 0) is 42.5 Å². The van der Waals surface area contributed by atoms with E-state index in [1.807, 2.05) is 48.5 Å². The van der Waals surface area contributed by atoms with Crippen LogP contribution < -0.4 is 10.3 Å². The van der Waals surface area contributed by atoms with Crippen molar-refractivity contribution in [2.75, 3.05) is 7.11 Å². The third-order valence-electron chi connectivity index (χ3n) is 4.93. The summed E-state index contributed by atoms with van der Waals surface area (Å²) in [6, 6.07) is 21.8. The summed E-state index contributed by atoms with van der Waals surface area (Å²) in [6.07, 6.45) is 0. The summed E-state index contributed by atoms with van der Waals surface area (Å²) in [6.45, 7) is 0. The third kappa shape index (κ3) is 4.35. The average molecular weight is 477 g/mol. The van der Waals surface area contributed by atoms with Crippen LogP contribution in [-0.4, -0.2) is 26.8 Å². The standard InChI is InChI=1S/C24H17ClN4O3S/c1-31-18-9-4-6-15(12-18)22-27-21(32-28-22)14-33-24-26-20-11-3-2-10-19(20)23(30)29(24)17-8-5-7-16(25)13-17/h2-13H,14H2,1H3. The van der Waals surface area contributed by atoms with Gasteiger partial charge in [-0.25, -0.2) is 4.98 Å². The molecule has 0 saturated heterocycles. The lowest BCUT2D eigenvalue weighted by Gasteiger charge is -2.12. The number of hydrogen-bond acceptors (Lipinski definition) is 7. The van der Waals surface area contributed by atoms with E-state index in [0.29, 0.717) is 50.0 Å². The molecule has 5 rings (SSSR count). The van der Waals surface area contributed by atoms with Gasteiger partial charge in [0.15, 0.2) is 5.16 Å². The van der Waals surface area contributed by atoms with Crippen LogP contribution >= 0.6 is 23.4 Å². The second-order valence-corrected chi connectivity index (χ2v) is 8.44. The van der Waals surface area contributed by atoms with Gasteiger partial charge in [-0.3, -0.25) is 9.36 Å². The van der Waals surface area contributed by atoms with E-state index in [1.54, 1.807) is 35.9 Å². The van der Waals surface area contributed by atoms with Gasteiger partial charge in [-0.15, -0.1) is 0 Å². The monoisotopic (exact) mass is 476 g/mol. The summed E-state index contributed by atoms with van der Waals surface area (Å²) in [5.74, 6) is 1.92. The maximum absolute atomic E-state index is 13.3. The summed E-state index contributed by atoms with van der Waals surface area (Å²) in [5, 5.41) is 5.63. The first kappa shape index (κ1) is 21.2. The fourth-order valence-electron chi connectivity index (χ4n) is 3.37. The van der Waals surface area contributed by atoms with E-state index in [0.717, 1.165) is 5.56 Å².